The van der Waals surface area contributed by atoms with E-state index in [4.69, 9.17) is 0 Å². The van der Waals surface area contributed by atoms with E-state index in [1.54, 1.807) is 11.3 Å². The Kier molecular flexibility index (Phi) is 4.44. The Morgan fingerprint density at radius 1 is 1.63 bits per heavy atom. The molecule has 0 aromatic carbocycles. The fourth-order valence-electron chi connectivity index (χ4n) is 2.33. The number of imidazole rings is 1. The van der Waals surface area contributed by atoms with Crippen LogP contribution >= 0.6 is 23.7 Å². The Balaban J connectivity index is 0.00000133. The van der Waals surface area contributed by atoms with Crippen LogP contribution in [0, 0.1) is 0 Å². The topological polar surface area (TPSA) is 49.6 Å². The van der Waals surface area contributed by atoms with Crippen molar-refractivity contribution in [1.82, 2.24) is 19.6 Å². The number of halogens is 1. The van der Waals surface area contributed by atoms with Crippen molar-refractivity contribution in [2.75, 3.05) is 19.6 Å². The van der Waals surface area contributed by atoms with E-state index in [0.29, 0.717) is 6.42 Å². The Morgan fingerprint density at radius 2 is 2.47 bits per heavy atom. The minimum Gasteiger partial charge on any atom is -0.337 e. The summed E-state index contributed by atoms with van der Waals surface area (Å²) in [5, 5.41) is 5.28. The Labute approximate surface area is 122 Å². The molecular formula is C12H17ClN4OS. The molecule has 1 saturated heterocycles. The molecule has 2 aromatic heterocycles. The maximum Gasteiger partial charge on any atom is 0.228 e. The largest absolute Gasteiger partial charge is 0.337 e. The van der Waals surface area contributed by atoms with Crippen molar-refractivity contribution in [2.45, 2.75) is 19.4 Å². The number of nitrogens with one attached hydrogen (secondary N) is 1. The van der Waals surface area contributed by atoms with Crippen LogP contribution in [0.15, 0.2) is 17.8 Å². The first-order valence-corrected chi connectivity index (χ1v) is 7.03. The summed E-state index contributed by atoms with van der Waals surface area (Å²) in [5.41, 5.74) is 0.859. The van der Waals surface area contributed by atoms with Crippen LogP contribution in [0.25, 0.3) is 4.96 Å². The lowest BCUT2D eigenvalue weighted by atomic mass is 10.2. The molecule has 1 amide bonds. The van der Waals surface area contributed by atoms with Gasteiger partial charge in [0, 0.05) is 43.4 Å². The number of nitrogens with zero attached hydrogens (tertiary/aromatic N) is 3. The molecule has 7 heteroatoms. The van der Waals surface area contributed by atoms with Gasteiger partial charge in [0.2, 0.25) is 5.91 Å². The zero-order valence-electron chi connectivity index (χ0n) is 10.7. The van der Waals surface area contributed by atoms with Gasteiger partial charge in [-0.1, -0.05) is 0 Å². The van der Waals surface area contributed by atoms with E-state index < -0.39 is 0 Å². The normalized spacial score (nSPS) is 19.4. The van der Waals surface area contributed by atoms with Gasteiger partial charge in [0.05, 0.1) is 12.1 Å². The monoisotopic (exact) mass is 300 g/mol. The predicted molar refractivity (Wildman–Crippen MR) is 78.1 cm³/mol. The van der Waals surface area contributed by atoms with Gasteiger partial charge < -0.3 is 10.2 Å². The molecule has 19 heavy (non-hydrogen) atoms. The standard InChI is InChI=1S/C12H16N4OS.ClH/c1-9-7-13-2-3-16(9)11(17)6-10-8-15-4-5-18-12(15)14-10;/h4-5,8-9,13H,2-3,6-7H2,1H3;1H/t9-;/m1./s1. The van der Waals surface area contributed by atoms with Crippen molar-refractivity contribution in [2.24, 2.45) is 0 Å². The third kappa shape index (κ3) is 2.91. The molecule has 5 nitrogen and oxygen atoms in total. The lowest BCUT2D eigenvalue weighted by Gasteiger charge is -2.33. The van der Waals surface area contributed by atoms with Gasteiger partial charge in [-0.2, -0.15) is 0 Å². The molecule has 104 valence electrons. The van der Waals surface area contributed by atoms with E-state index in [2.05, 4.69) is 17.2 Å². The van der Waals surface area contributed by atoms with E-state index in [9.17, 15) is 4.79 Å². The number of carbonyl (C=O) groups is 1. The van der Waals surface area contributed by atoms with Crippen molar-refractivity contribution in [3.05, 3.63) is 23.5 Å². The third-order valence-electron chi connectivity index (χ3n) is 3.30. The molecule has 1 aliphatic heterocycles. The van der Waals surface area contributed by atoms with Crippen LogP contribution in [0.4, 0.5) is 0 Å². The quantitative estimate of drug-likeness (QED) is 0.906. The molecule has 1 aliphatic rings. The van der Waals surface area contributed by atoms with Gasteiger partial charge >= 0.3 is 0 Å². The van der Waals surface area contributed by atoms with Crippen LogP contribution in [-0.2, 0) is 11.2 Å². The second-order valence-corrected chi connectivity index (χ2v) is 5.52. The number of aromatic nitrogens is 2. The molecule has 1 atom stereocenters. The highest BCUT2D eigenvalue weighted by molar-refractivity contribution is 7.15. The maximum atomic E-state index is 12.2. The van der Waals surface area contributed by atoms with Crippen LogP contribution < -0.4 is 5.32 Å². The summed E-state index contributed by atoms with van der Waals surface area (Å²) in [6.07, 6.45) is 4.31. The van der Waals surface area contributed by atoms with Gasteiger partial charge in [0.1, 0.15) is 0 Å². The van der Waals surface area contributed by atoms with Gasteiger partial charge in [-0.25, -0.2) is 4.98 Å². The zero-order chi connectivity index (χ0) is 12.5. The first-order valence-electron chi connectivity index (χ1n) is 6.15. The van der Waals surface area contributed by atoms with Crippen LogP contribution in [-0.4, -0.2) is 45.9 Å². The van der Waals surface area contributed by atoms with Gasteiger partial charge in [-0.05, 0) is 6.92 Å². The summed E-state index contributed by atoms with van der Waals surface area (Å²) in [4.78, 5) is 19.6. The zero-order valence-corrected chi connectivity index (χ0v) is 12.3. The number of piperazine rings is 1. The second-order valence-electron chi connectivity index (χ2n) is 4.64. The third-order valence-corrected chi connectivity index (χ3v) is 4.07. The fraction of sp³-hybridized carbons (Fsp3) is 0.500. The van der Waals surface area contributed by atoms with Gasteiger partial charge in [0.25, 0.3) is 0 Å². The molecule has 0 saturated carbocycles. The van der Waals surface area contributed by atoms with E-state index in [-0.39, 0.29) is 24.4 Å². The molecule has 2 aromatic rings. The first kappa shape index (κ1) is 14.3. The molecule has 3 rings (SSSR count). The highest BCUT2D eigenvalue weighted by atomic mass is 35.5. The van der Waals surface area contributed by atoms with Crippen LogP contribution in [0.2, 0.25) is 0 Å². The maximum absolute atomic E-state index is 12.2. The molecule has 1 fully saturated rings. The van der Waals surface area contributed by atoms with Crippen molar-refractivity contribution < 1.29 is 4.79 Å². The van der Waals surface area contributed by atoms with Crippen molar-refractivity contribution >= 4 is 34.6 Å². The minimum absolute atomic E-state index is 0. The highest BCUT2D eigenvalue weighted by Crippen LogP contribution is 2.13. The summed E-state index contributed by atoms with van der Waals surface area (Å²) in [5.74, 6) is 0.176. The average Bonchev–Trinajstić information content (AvgIpc) is 2.90. The molecule has 0 spiro atoms. The van der Waals surface area contributed by atoms with Crippen molar-refractivity contribution in [1.29, 1.82) is 0 Å². The lowest BCUT2D eigenvalue weighted by Crippen LogP contribution is -2.52. The van der Waals surface area contributed by atoms with Gasteiger partial charge in [0.15, 0.2) is 4.96 Å². The number of hydrogen-bond acceptors (Lipinski definition) is 4. The molecule has 3 heterocycles. The molecule has 1 N–H and O–H groups in total. The molecule has 0 bridgehead atoms. The average molecular weight is 301 g/mol. The number of thiazole rings is 1. The van der Waals surface area contributed by atoms with Crippen molar-refractivity contribution in [3.63, 3.8) is 0 Å². The minimum atomic E-state index is 0. The van der Waals surface area contributed by atoms with Gasteiger partial charge in [-0.15, -0.1) is 23.7 Å². The Morgan fingerprint density at radius 3 is 3.21 bits per heavy atom. The Hall–Kier alpha value is -1.11. The Bertz CT molecular complexity index is 538. The summed E-state index contributed by atoms with van der Waals surface area (Å²) in [6, 6.07) is 0.273. The van der Waals surface area contributed by atoms with E-state index >= 15 is 0 Å². The number of carbonyl (C=O) groups excluding carboxylic acids is 1. The second kappa shape index (κ2) is 5.90. The fourth-order valence-corrected chi connectivity index (χ4v) is 3.05. The van der Waals surface area contributed by atoms with E-state index in [1.807, 2.05) is 27.1 Å². The summed E-state index contributed by atoms with van der Waals surface area (Å²) in [7, 11) is 0. The summed E-state index contributed by atoms with van der Waals surface area (Å²) >= 11 is 1.59. The SMILES string of the molecule is C[C@@H]1CNCCN1C(=O)Cc1cn2ccsc2n1.Cl. The molecular weight excluding hydrogens is 284 g/mol. The smallest absolute Gasteiger partial charge is 0.228 e. The predicted octanol–water partition coefficient (Wildman–Crippen LogP) is 1.18. The van der Waals surface area contributed by atoms with Crippen LogP contribution in [0.1, 0.15) is 12.6 Å². The van der Waals surface area contributed by atoms with Crippen molar-refractivity contribution in [3.8, 4) is 0 Å². The van der Waals surface area contributed by atoms with E-state index in [1.165, 1.54) is 0 Å². The molecule has 0 aliphatic carbocycles. The first-order chi connectivity index (χ1) is 8.74. The van der Waals surface area contributed by atoms with Crippen LogP contribution in [0.3, 0.4) is 0 Å². The molecule has 0 radical (unpaired) electrons. The lowest BCUT2D eigenvalue weighted by molar-refractivity contribution is -0.133. The van der Waals surface area contributed by atoms with Gasteiger partial charge in [-0.3, -0.25) is 9.20 Å². The number of fused-ring (bicyclic) bond motifs is 1. The summed E-state index contributed by atoms with van der Waals surface area (Å²) in [6.45, 7) is 4.64. The van der Waals surface area contributed by atoms with Crippen LogP contribution in [0.5, 0.6) is 0 Å². The highest BCUT2D eigenvalue weighted by Gasteiger charge is 2.23. The van der Waals surface area contributed by atoms with E-state index in [0.717, 1.165) is 30.3 Å². The number of amides is 1. The number of rotatable bonds is 2. The summed E-state index contributed by atoms with van der Waals surface area (Å²) < 4.78 is 1.97. The molecule has 0 unspecified atom stereocenters. The number of hydrogen-bond donors (Lipinski definition) is 1.